The van der Waals surface area contributed by atoms with Crippen molar-refractivity contribution in [1.29, 1.82) is 0 Å². The van der Waals surface area contributed by atoms with E-state index in [-0.39, 0.29) is 24.0 Å². The summed E-state index contributed by atoms with van der Waals surface area (Å²) in [5.41, 5.74) is 1.11. The van der Waals surface area contributed by atoms with Gasteiger partial charge >= 0.3 is 0 Å². The number of likely N-dealkylation sites (tertiary alicyclic amines) is 1. The maximum atomic E-state index is 12.1. The van der Waals surface area contributed by atoms with E-state index >= 15 is 0 Å². The van der Waals surface area contributed by atoms with Crippen molar-refractivity contribution >= 4 is 5.91 Å². The Bertz CT molecular complexity index is 809. The molecule has 3 unspecified atom stereocenters. The molecule has 28 heavy (non-hydrogen) atoms. The number of amides is 1. The molecule has 4 rings (SSSR count). The molecule has 1 aromatic heterocycles. The number of fused-ring (bicyclic) bond motifs is 1. The number of hydrogen-bond acceptors (Lipinski definition) is 6. The zero-order valence-electron chi connectivity index (χ0n) is 16.6. The van der Waals surface area contributed by atoms with Crippen LogP contribution in [0.4, 0.5) is 0 Å². The highest BCUT2D eigenvalue weighted by Gasteiger charge is 2.57. The van der Waals surface area contributed by atoms with Crippen molar-refractivity contribution in [3.05, 3.63) is 47.6 Å². The van der Waals surface area contributed by atoms with E-state index in [2.05, 4.69) is 44.6 Å². The number of nitrogens with zero attached hydrogens (tertiary/aromatic N) is 3. The van der Waals surface area contributed by atoms with Gasteiger partial charge in [0.2, 0.25) is 11.8 Å². The molecule has 1 aliphatic heterocycles. The second-order valence-corrected chi connectivity index (χ2v) is 8.00. The van der Waals surface area contributed by atoms with Crippen LogP contribution in [0, 0.1) is 12.8 Å². The van der Waals surface area contributed by atoms with Crippen molar-refractivity contribution in [2.45, 2.75) is 44.7 Å². The zero-order valence-corrected chi connectivity index (χ0v) is 16.6. The van der Waals surface area contributed by atoms with Crippen LogP contribution in [0.15, 0.2) is 34.9 Å². The molecule has 0 bridgehead atoms. The molecule has 2 aromatic rings. The number of ether oxygens (including phenoxy) is 1. The summed E-state index contributed by atoms with van der Waals surface area (Å²) in [7, 11) is 0. The lowest BCUT2D eigenvalue weighted by molar-refractivity contribution is -0.126. The van der Waals surface area contributed by atoms with E-state index in [1.165, 1.54) is 5.56 Å². The van der Waals surface area contributed by atoms with Gasteiger partial charge < -0.3 is 14.6 Å². The van der Waals surface area contributed by atoms with Crippen molar-refractivity contribution in [2.24, 2.45) is 5.92 Å². The highest BCUT2D eigenvalue weighted by atomic mass is 16.5. The summed E-state index contributed by atoms with van der Waals surface area (Å²) in [5, 5.41) is 7.18. The van der Waals surface area contributed by atoms with Crippen LogP contribution < -0.4 is 5.32 Å². The van der Waals surface area contributed by atoms with E-state index in [1.54, 1.807) is 0 Å². The molecule has 1 N–H and O–H groups in total. The van der Waals surface area contributed by atoms with Gasteiger partial charge in [-0.2, -0.15) is 4.98 Å². The standard InChI is InChI=1S/C21H28N4O3/c1-3-27-13-19(26)23-18-9-17-12-25(11-16-7-5-4-6-8-16)14-21(17,10-18)20-22-15(2)24-28-20/h4-8,17-18H,3,9-14H2,1-2H3,(H,23,26). The highest BCUT2D eigenvalue weighted by molar-refractivity contribution is 5.77. The Kier molecular flexibility index (Phi) is 5.46. The van der Waals surface area contributed by atoms with Gasteiger partial charge in [0.1, 0.15) is 6.61 Å². The van der Waals surface area contributed by atoms with Gasteiger partial charge in [0.05, 0.1) is 5.41 Å². The Morgan fingerprint density at radius 3 is 2.93 bits per heavy atom. The van der Waals surface area contributed by atoms with Crippen LogP contribution in [0.25, 0.3) is 0 Å². The topological polar surface area (TPSA) is 80.5 Å². The van der Waals surface area contributed by atoms with Crippen molar-refractivity contribution in [1.82, 2.24) is 20.4 Å². The molecule has 7 nitrogen and oxygen atoms in total. The third-order valence-electron chi connectivity index (χ3n) is 5.95. The lowest BCUT2D eigenvalue weighted by Gasteiger charge is -2.25. The summed E-state index contributed by atoms with van der Waals surface area (Å²) in [4.78, 5) is 19.2. The Morgan fingerprint density at radius 2 is 2.21 bits per heavy atom. The van der Waals surface area contributed by atoms with E-state index < -0.39 is 0 Å². The molecule has 1 saturated carbocycles. The van der Waals surface area contributed by atoms with Crippen LogP contribution >= 0.6 is 0 Å². The summed E-state index contributed by atoms with van der Waals surface area (Å²) in [6, 6.07) is 10.6. The molecule has 2 fully saturated rings. The number of hydrogen-bond donors (Lipinski definition) is 1. The second kappa shape index (κ2) is 8.01. The van der Waals surface area contributed by atoms with E-state index in [0.29, 0.717) is 24.2 Å². The summed E-state index contributed by atoms with van der Waals surface area (Å²) < 4.78 is 10.9. The molecular weight excluding hydrogens is 356 g/mol. The second-order valence-electron chi connectivity index (χ2n) is 8.00. The lowest BCUT2D eigenvalue weighted by Crippen LogP contribution is -2.39. The van der Waals surface area contributed by atoms with Gasteiger partial charge in [-0.3, -0.25) is 9.69 Å². The quantitative estimate of drug-likeness (QED) is 0.787. The van der Waals surface area contributed by atoms with Crippen molar-refractivity contribution in [3.63, 3.8) is 0 Å². The Hall–Kier alpha value is -2.25. The average Bonchev–Trinajstić information content (AvgIpc) is 3.33. The molecule has 1 saturated heterocycles. The van der Waals surface area contributed by atoms with Gasteiger partial charge in [0.15, 0.2) is 5.82 Å². The van der Waals surface area contributed by atoms with Gasteiger partial charge in [-0.1, -0.05) is 35.5 Å². The predicted molar refractivity (Wildman–Crippen MR) is 104 cm³/mol. The number of benzene rings is 1. The minimum atomic E-state index is -0.195. The Balaban J connectivity index is 1.49. The fourth-order valence-corrected chi connectivity index (χ4v) is 4.84. The van der Waals surface area contributed by atoms with Crippen LogP contribution in [0.5, 0.6) is 0 Å². The summed E-state index contributed by atoms with van der Waals surface area (Å²) >= 11 is 0. The molecule has 1 aliphatic carbocycles. The van der Waals surface area contributed by atoms with Gasteiger partial charge in [-0.25, -0.2) is 0 Å². The number of aromatic nitrogens is 2. The summed E-state index contributed by atoms with van der Waals surface area (Å²) in [6.07, 6.45) is 1.74. The molecule has 2 heterocycles. The minimum Gasteiger partial charge on any atom is -0.372 e. The molecule has 0 radical (unpaired) electrons. The van der Waals surface area contributed by atoms with Crippen molar-refractivity contribution in [2.75, 3.05) is 26.3 Å². The molecular formula is C21H28N4O3. The maximum Gasteiger partial charge on any atom is 0.246 e. The monoisotopic (exact) mass is 384 g/mol. The first kappa shape index (κ1) is 19.1. The highest BCUT2D eigenvalue weighted by Crippen LogP contribution is 2.50. The van der Waals surface area contributed by atoms with Gasteiger partial charge in [0, 0.05) is 32.3 Å². The summed E-state index contributed by atoms with van der Waals surface area (Å²) in [6.45, 7) is 7.14. The average molecular weight is 384 g/mol. The number of aryl methyl sites for hydroxylation is 1. The Labute approximate surface area is 165 Å². The SMILES string of the molecule is CCOCC(=O)NC1CC2CN(Cc3ccccc3)CC2(c2nc(C)no2)C1. The molecule has 150 valence electrons. The smallest absolute Gasteiger partial charge is 0.246 e. The van der Waals surface area contributed by atoms with Crippen LogP contribution in [0.2, 0.25) is 0 Å². The van der Waals surface area contributed by atoms with Crippen molar-refractivity contribution in [3.8, 4) is 0 Å². The largest absolute Gasteiger partial charge is 0.372 e. The predicted octanol–water partition coefficient (Wildman–Crippen LogP) is 2.06. The molecule has 7 heteroatoms. The third kappa shape index (κ3) is 3.82. The Morgan fingerprint density at radius 1 is 1.39 bits per heavy atom. The maximum absolute atomic E-state index is 12.1. The zero-order chi connectivity index (χ0) is 19.6. The molecule has 1 amide bonds. The van der Waals surface area contributed by atoms with E-state index in [9.17, 15) is 4.79 Å². The first-order valence-electron chi connectivity index (χ1n) is 10.0. The van der Waals surface area contributed by atoms with Crippen LogP contribution in [0.1, 0.15) is 37.0 Å². The fourth-order valence-electron chi connectivity index (χ4n) is 4.84. The molecule has 3 atom stereocenters. The van der Waals surface area contributed by atoms with E-state index in [1.807, 2.05) is 19.9 Å². The van der Waals surface area contributed by atoms with E-state index in [4.69, 9.17) is 9.26 Å². The third-order valence-corrected chi connectivity index (χ3v) is 5.95. The first-order chi connectivity index (χ1) is 13.6. The molecule has 1 aromatic carbocycles. The van der Waals surface area contributed by atoms with Crippen LogP contribution in [0.3, 0.4) is 0 Å². The number of carbonyl (C=O) groups is 1. The van der Waals surface area contributed by atoms with Gasteiger partial charge in [-0.05, 0) is 38.2 Å². The number of nitrogens with one attached hydrogen (secondary N) is 1. The lowest BCUT2D eigenvalue weighted by atomic mass is 9.80. The number of carbonyl (C=O) groups excluding carboxylic acids is 1. The minimum absolute atomic E-state index is 0.0511. The molecule has 0 spiro atoms. The van der Waals surface area contributed by atoms with Crippen LogP contribution in [-0.2, 0) is 21.5 Å². The summed E-state index contributed by atoms with van der Waals surface area (Å²) in [5.74, 6) is 1.71. The van der Waals surface area contributed by atoms with Crippen LogP contribution in [-0.4, -0.2) is 53.3 Å². The van der Waals surface area contributed by atoms with Gasteiger partial charge in [-0.15, -0.1) is 0 Å². The normalized spacial score (nSPS) is 27.1. The fraction of sp³-hybridized carbons (Fsp3) is 0.571. The molecule has 2 aliphatic rings. The van der Waals surface area contributed by atoms with Gasteiger partial charge in [0.25, 0.3) is 0 Å². The number of rotatable bonds is 7. The van der Waals surface area contributed by atoms with Crippen molar-refractivity contribution < 1.29 is 14.1 Å². The van der Waals surface area contributed by atoms with E-state index in [0.717, 1.165) is 32.5 Å². The first-order valence-corrected chi connectivity index (χ1v) is 10.0.